The Morgan fingerprint density at radius 3 is 2.64 bits per heavy atom. The van der Waals surface area contributed by atoms with Crippen LogP contribution in [-0.4, -0.2) is 12.1 Å². The van der Waals surface area contributed by atoms with Crippen LogP contribution in [-0.2, 0) is 9.53 Å². The van der Waals surface area contributed by atoms with Crippen molar-refractivity contribution in [2.45, 2.75) is 51.6 Å². The van der Waals surface area contributed by atoms with Gasteiger partial charge >= 0.3 is 5.97 Å². The summed E-state index contributed by atoms with van der Waals surface area (Å²) in [5, 5.41) is 0. The van der Waals surface area contributed by atoms with Crippen LogP contribution in [0.25, 0.3) is 0 Å². The second kappa shape index (κ2) is 5.70. The summed E-state index contributed by atoms with van der Waals surface area (Å²) in [6, 6.07) is 0. The minimum atomic E-state index is -0.137. The van der Waals surface area contributed by atoms with E-state index in [1.807, 2.05) is 0 Å². The molecule has 0 aromatic rings. The van der Waals surface area contributed by atoms with E-state index in [-0.39, 0.29) is 12.1 Å². The third-order valence-electron chi connectivity index (χ3n) is 2.73. The van der Waals surface area contributed by atoms with Gasteiger partial charge in [0.2, 0.25) is 0 Å². The topological polar surface area (TPSA) is 26.3 Å². The maximum Gasteiger partial charge on any atom is 0.307 e. The molecule has 0 atom stereocenters. The Hall–Kier alpha value is -0.970. The summed E-state index contributed by atoms with van der Waals surface area (Å²) in [5.41, 5.74) is 0. The van der Waals surface area contributed by atoms with Gasteiger partial charge in [-0.25, -0.2) is 0 Å². The van der Waals surface area contributed by atoms with Crippen molar-refractivity contribution in [3.8, 4) is 12.3 Å². The van der Waals surface area contributed by atoms with Crippen LogP contribution in [0.3, 0.4) is 0 Å². The average Bonchev–Trinajstić information content (AvgIpc) is 2.18. The first kappa shape index (κ1) is 11.1. The van der Waals surface area contributed by atoms with Crippen LogP contribution >= 0.6 is 0 Å². The number of ether oxygens (including phenoxy) is 1. The lowest BCUT2D eigenvalue weighted by atomic mass is 9.89. The molecule has 0 aromatic carbocycles. The fourth-order valence-electron chi connectivity index (χ4n) is 1.77. The van der Waals surface area contributed by atoms with Gasteiger partial charge in [0, 0.05) is 6.42 Å². The lowest BCUT2D eigenvalue weighted by molar-refractivity contribution is -0.150. The summed E-state index contributed by atoms with van der Waals surface area (Å²) in [5.74, 6) is 3.09. The highest BCUT2D eigenvalue weighted by Crippen LogP contribution is 2.25. The molecule has 2 heteroatoms. The van der Waals surface area contributed by atoms with Crippen molar-refractivity contribution >= 4 is 5.97 Å². The third-order valence-corrected chi connectivity index (χ3v) is 2.73. The van der Waals surface area contributed by atoms with Crippen molar-refractivity contribution in [3.63, 3.8) is 0 Å². The third kappa shape index (κ3) is 3.83. The number of esters is 1. The van der Waals surface area contributed by atoms with Crippen LogP contribution in [0.5, 0.6) is 0 Å². The zero-order valence-corrected chi connectivity index (χ0v) is 8.79. The first-order valence-corrected chi connectivity index (χ1v) is 5.35. The van der Waals surface area contributed by atoms with Crippen LogP contribution < -0.4 is 0 Å². The molecular weight excluding hydrogens is 176 g/mol. The van der Waals surface area contributed by atoms with Crippen molar-refractivity contribution in [2.75, 3.05) is 0 Å². The van der Waals surface area contributed by atoms with Gasteiger partial charge in [-0.2, -0.15) is 0 Å². The normalized spacial score (nSPS) is 26.6. The number of hydrogen-bond acceptors (Lipinski definition) is 2. The Morgan fingerprint density at radius 2 is 2.07 bits per heavy atom. The van der Waals surface area contributed by atoms with Gasteiger partial charge in [-0.3, -0.25) is 4.79 Å². The fourth-order valence-corrected chi connectivity index (χ4v) is 1.77. The molecule has 1 aliphatic carbocycles. The van der Waals surface area contributed by atoms with Crippen molar-refractivity contribution in [1.29, 1.82) is 0 Å². The zero-order chi connectivity index (χ0) is 10.4. The highest BCUT2D eigenvalue weighted by atomic mass is 16.5. The first-order valence-electron chi connectivity index (χ1n) is 5.35. The largest absolute Gasteiger partial charge is 0.462 e. The van der Waals surface area contributed by atoms with Gasteiger partial charge in [-0.1, -0.05) is 6.92 Å². The second-order valence-electron chi connectivity index (χ2n) is 4.08. The van der Waals surface area contributed by atoms with E-state index in [1.165, 1.54) is 12.8 Å². The maximum absolute atomic E-state index is 11.2. The number of hydrogen-bond donors (Lipinski definition) is 0. The Labute approximate surface area is 86.0 Å². The molecule has 1 aliphatic rings. The van der Waals surface area contributed by atoms with Gasteiger partial charge in [0.05, 0.1) is 6.42 Å². The average molecular weight is 194 g/mol. The summed E-state index contributed by atoms with van der Waals surface area (Å²) >= 11 is 0. The molecule has 14 heavy (non-hydrogen) atoms. The van der Waals surface area contributed by atoms with Gasteiger partial charge < -0.3 is 4.74 Å². The molecule has 1 saturated carbocycles. The number of terminal acetylenes is 1. The van der Waals surface area contributed by atoms with Gasteiger partial charge in [0.15, 0.2) is 0 Å². The molecule has 0 bridgehead atoms. The predicted molar refractivity (Wildman–Crippen MR) is 55.6 cm³/mol. The van der Waals surface area contributed by atoms with Crippen LogP contribution in [0.4, 0.5) is 0 Å². The Morgan fingerprint density at radius 1 is 1.43 bits per heavy atom. The second-order valence-corrected chi connectivity index (χ2v) is 4.08. The van der Waals surface area contributed by atoms with E-state index in [4.69, 9.17) is 11.2 Å². The van der Waals surface area contributed by atoms with Crippen LogP contribution in [0.15, 0.2) is 0 Å². The van der Waals surface area contributed by atoms with Gasteiger partial charge in [-0.05, 0) is 31.6 Å². The minimum absolute atomic E-state index is 0.137. The minimum Gasteiger partial charge on any atom is -0.462 e. The Balaban J connectivity index is 2.18. The molecule has 0 unspecified atom stereocenters. The van der Waals surface area contributed by atoms with Crippen LogP contribution in [0, 0.1) is 18.3 Å². The van der Waals surface area contributed by atoms with E-state index in [0.717, 1.165) is 18.8 Å². The molecule has 0 radical (unpaired) electrons. The van der Waals surface area contributed by atoms with Gasteiger partial charge in [0.25, 0.3) is 0 Å². The van der Waals surface area contributed by atoms with Crippen LogP contribution in [0.2, 0.25) is 0 Å². The molecule has 78 valence electrons. The van der Waals surface area contributed by atoms with E-state index < -0.39 is 0 Å². The maximum atomic E-state index is 11.2. The summed E-state index contributed by atoms with van der Waals surface area (Å²) in [6.45, 7) is 2.25. The summed E-state index contributed by atoms with van der Waals surface area (Å²) in [4.78, 5) is 11.2. The predicted octanol–water partition coefficient (Wildman–Crippen LogP) is 2.52. The highest BCUT2D eigenvalue weighted by Gasteiger charge is 2.20. The lowest BCUT2D eigenvalue weighted by Crippen LogP contribution is -2.23. The van der Waals surface area contributed by atoms with E-state index in [1.54, 1.807) is 0 Å². The standard InChI is InChI=1S/C12H18O2/c1-3-4-5-12(13)14-11-8-6-10(2)7-9-11/h1,10-11H,4-9H2,2H3. The first-order chi connectivity index (χ1) is 6.72. The van der Waals surface area contributed by atoms with Crippen molar-refractivity contribution < 1.29 is 9.53 Å². The van der Waals surface area contributed by atoms with Gasteiger partial charge in [0.1, 0.15) is 6.10 Å². The molecule has 0 heterocycles. The summed E-state index contributed by atoms with van der Waals surface area (Å²) in [6.07, 6.45) is 10.5. The molecule has 0 N–H and O–H groups in total. The molecular formula is C12H18O2. The zero-order valence-electron chi connectivity index (χ0n) is 8.79. The number of rotatable bonds is 3. The molecule has 0 spiro atoms. The SMILES string of the molecule is C#CCCC(=O)OC1CCC(C)CC1. The van der Waals surface area contributed by atoms with E-state index in [0.29, 0.717) is 12.8 Å². The monoisotopic (exact) mass is 194 g/mol. The molecule has 2 nitrogen and oxygen atoms in total. The van der Waals surface area contributed by atoms with Gasteiger partial charge in [-0.15, -0.1) is 12.3 Å². The molecule has 0 saturated heterocycles. The summed E-state index contributed by atoms with van der Waals surface area (Å²) in [7, 11) is 0. The lowest BCUT2D eigenvalue weighted by Gasteiger charge is -2.25. The van der Waals surface area contributed by atoms with Crippen molar-refractivity contribution in [3.05, 3.63) is 0 Å². The number of carbonyl (C=O) groups excluding carboxylic acids is 1. The molecule has 0 amide bonds. The fraction of sp³-hybridized carbons (Fsp3) is 0.750. The van der Waals surface area contributed by atoms with E-state index in [2.05, 4.69) is 12.8 Å². The quantitative estimate of drug-likeness (QED) is 0.509. The molecule has 0 aromatic heterocycles. The Kier molecular flexibility index (Phi) is 4.52. The van der Waals surface area contributed by atoms with E-state index >= 15 is 0 Å². The van der Waals surface area contributed by atoms with E-state index in [9.17, 15) is 4.79 Å². The van der Waals surface area contributed by atoms with Crippen molar-refractivity contribution in [1.82, 2.24) is 0 Å². The van der Waals surface area contributed by atoms with Crippen molar-refractivity contribution in [2.24, 2.45) is 5.92 Å². The summed E-state index contributed by atoms with van der Waals surface area (Å²) < 4.78 is 5.31. The molecule has 1 rings (SSSR count). The molecule has 1 fully saturated rings. The Bertz CT molecular complexity index is 219. The highest BCUT2D eigenvalue weighted by molar-refractivity contribution is 5.69. The molecule has 0 aliphatic heterocycles. The smallest absolute Gasteiger partial charge is 0.307 e. The number of carbonyl (C=O) groups is 1. The van der Waals surface area contributed by atoms with Crippen LogP contribution in [0.1, 0.15) is 45.4 Å².